The zero-order valence-corrected chi connectivity index (χ0v) is 21.3. The van der Waals surface area contributed by atoms with Crippen molar-refractivity contribution in [1.82, 2.24) is 14.8 Å². The summed E-state index contributed by atoms with van der Waals surface area (Å²) in [4.78, 5) is 11.1. The lowest BCUT2D eigenvalue weighted by molar-refractivity contribution is -0.141. The number of anilines is 1. The minimum absolute atomic E-state index is 0.218. The topological polar surface area (TPSA) is 31.8 Å². The molecule has 4 heterocycles. The van der Waals surface area contributed by atoms with Gasteiger partial charge in [0.25, 0.3) is 0 Å². The van der Waals surface area contributed by atoms with E-state index in [4.69, 9.17) is 4.74 Å². The lowest BCUT2D eigenvalue weighted by Crippen LogP contribution is -2.67. The number of rotatable bonds is 5. The number of allylic oxidation sites excluding steroid dienone is 1. The highest BCUT2D eigenvalue weighted by molar-refractivity contribution is 5.51. The molecular formula is C28H35F3N4O. The van der Waals surface area contributed by atoms with Crippen LogP contribution in [0.1, 0.15) is 51.3 Å². The minimum Gasteiger partial charge on any atom is -0.490 e. The zero-order valence-electron chi connectivity index (χ0n) is 21.3. The maximum atomic E-state index is 13.5. The van der Waals surface area contributed by atoms with E-state index in [9.17, 15) is 13.2 Å². The van der Waals surface area contributed by atoms with Crippen LogP contribution in [-0.4, -0.2) is 58.6 Å². The molecule has 1 unspecified atom stereocenters. The largest absolute Gasteiger partial charge is 0.490 e. The van der Waals surface area contributed by atoms with E-state index in [1.54, 1.807) is 6.07 Å². The Morgan fingerprint density at radius 2 is 1.69 bits per heavy atom. The quantitative estimate of drug-likeness (QED) is 0.527. The molecular weight excluding hydrogens is 465 g/mol. The van der Waals surface area contributed by atoms with Gasteiger partial charge in [0.05, 0.1) is 5.70 Å². The fourth-order valence-electron chi connectivity index (χ4n) is 6.26. The molecule has 2 bridgehead atoms. The fraction of sp³-hybridized carbons (Fsp3) is 0.536. The molecule has 0 saturated carbocycles. The first kappa shape index (κ1) is 25.1. The van der Waals surface area contributed by atoms with E-state index in [-0.39, 0.29) is 11.1 Å². The van der Waals surface area contributed by atoms with Crippen LogP contribution in [0, 0.1) is 0 Å². The molecule has 5 rings (SSSR count). The van der Waals surface area contributed by atoms with Crippen LogP contribution in [0.4, 0.5) is 19.0 Å². The van der Waals surface area contributed by atoms with Crippen molar-refractivity contribution in [3.8, 4) is 0 Å². The molecule has 2 fully saturated rings. The Balaban J connectivity index is 1.43. The minimum atomic E-state index is -4.48. The number of benzene rings is 1. The van der Waals surface area contributed by atoms with E-state index in [1.807, 2.05) is 17.9 Å². The number of halogens is 3. The Morgan fingerprint density at radius 3 is 2.36 bits per heavy atom. The second-order valence-electron chi connectivity index (χ2n) is 10.9. The summed E-state index contributed by atoms with van der Waals surface area (Å²) < 4.78 is 46.9. The molecule has 0 spiro atoms. The molecule has 1 aromatic carbocycles. The SMILES string of the molecule is CCC1=C2CC(N3CCN(Cc4ccccc4)CC3)(CN1c1cccc(C(F)(F)F)n1)CC(C)(C)O2. The lowest BCUT2D eigenvalue weighted by atomic mass is 9.75. The van der Waals surface area contributed by atoms with E-state index in [2.05, 4.69) is 52.9 Å². The Kier molecular flexibility index (Phi) is 6.53. The van der Waals surface area contributed by atoms with Crippen molar-refractivity contribution >= 4 is 5.82 Å². The molecule has 2 aromatic rings. The first-order valence-electron chi connectivity index (χ1n) is 12.8. The van der Waals surface area contributed by atoms with Crippen LogP contribution in [0.2, 0.25) is 0 Å². The van der Waals surface area contributed by atoms with Gasteiger partial charge in [-0.1, -0.05) is 43.3 Å². The van der Waals surface area contributed by atoms with Gasteiger partial charge in [0.2, 0.25) is 0 Å². The first-order chi connectivity index (χ1) is 17.1. The van der Waals surface area contributed by atoms with Crippen LogP contribution in [-0.2, 0) is 17.5 Å². The highest BCUT2D eigenvalue weighted by Gasteiger charge is 2.52. The van der Waals surface area contributed by atoms with Gasteiger partial charge >= 0.3 is 6.18 Å². The Bertz CT molecular complexity index is 1110. The van der Waals surface area contributed by atoms with Gasteiger partial charge in [0, 0.05) is 57.6 Å². The van der Waals surface area contributed by atoms with Crippen LogP contribution in [0.25, 0.3) is 0 Å². The monoisotopic (exact) mass is 500 g/mol. The molecule has 36 heavy (non-hydrogen) atoms. The number of pyridine rings is 1. The molecule has 3 aliphatic heterocycles. The molecule has 1 atom stereocenters. The van der Waals surface area contributed by atoms with Crippen molar-refractivity contribution in [2.75, 3.05) is 37.6 Å². The summed E-state index contributed by atoms with van der Waals surface area (Å²) in [5.74, 6) is 1.24. The molecule has 194 valence electrons. The number of hydrogen-bond acceptors (Lipinski definition) is 5. The van der Waals surface area contributed by atoms with Crippen molar-refractivity contribution in [2.45, 2.75) is 63.9 Å². The van der Waals surface area contributed by atoms with Crippen molar-refractivity contribution in [1.29, 1.82) is 0 Å². The van der Waals surface area contributed by atoms with Crippen LogP contribution in [0.3, 0.4) is 0 Å². The molecule has 0 radical (unpaired) electrons. The Labute approximate surface area is 211 Å². The maximum absolute atomic E-state index is 13.5. The average molecular weight is 501 g/mol. The average Bonchev–Trinajstić information content (AvgIpc) is 2.83. The van der Waals surface area contributed by atoms with Gasteiger partial charge in [-0.3, -0.25) is 9.80 Å². The standard InChI is InChI=1S/C28H35F3N4O/c1-4-22-23-17-27(19-26(2,3)36-23,20-35(22)25-12-8-11-24(32-25)28(29,30)31)34-15-13-33(14-16-34)18-21-9-6-5-7-10-21/h5-12H,4,13-20H2,1-3H3. The molecule has 0 amide bonds. The maximum Gasteiger partial charge on any atom is 0.433 e. The summed E-state index contributed by atoms with van der Waals surface area (Å²) in [6.45, 7) is 11.6. The highest BCUT2D eigenvalue weighted by Crippen LogP contribution is 2.48. The van der Waals surface area contributed by atoms with Crippen LogP contribution in [0.15, 0.2) is 60.0 Å². The van der Waals surface area contributed by atoms with E-state index >= 15 is 0 Å². The lowest BCUT2D eigenvalue weighted by Gasteiger charge is -2.58. The van der Waals surface area contributed by atoms with Gasteiger partial charge in [-0.2, -0.15) is 13.2 Å². The number of fused-ring (bicyclic) bond motifs is 2. The predicted octanol–water partition coefficient (Wildman–Crippen LogP) is 5.69. The Hall–Kier alpha value is -2.58. The van der Waals surface area contributed by atoms with Crippen molar-refractivity contribution in [2.24, 2.45) is 0 Å². The fourth-order valence-corrected chi connectivity index (χ4v) is 6.26. The number of aromatic nitrogens is 1. The third-order valence-electron chi connectivity index (χ3n) is 7.67. The normalized spacial score (nSPS) is 25.1. The number of nitrogens with zero attached hydrogens (tertiary/aromatic N) is 4. The van der Waals surface area contributed by atoms with Crippen molar-refractivity contribution in [3.05, 3.63) is 71.2 Å². The second kappa shape index (κ2) is 9.38. The van der Waals surface area contributed by atoms with Crippen LogP contribution < -0.4 is 4.90 Å². The van der Waals surface area contributed by atoms with Gasteiger partial charge in [-0.15, -0.1) is 0 Å². The van der Waals surface area contributed by atoms with Gasteiger partial charge in [-0.05, 0) is 38.0 Å². The van der Waals surface area contributed by atoms with Crippen molar-refractivity contribution in [3.63, 3.8) is 0 Å². The Morgan fingerprint density at radius 1 is 0.972 bits per heavy atom. The molecule has 1 aromatic heterocycles. The third-order valence-corrected chi connectivity index (χ3v) is 7.67. The molecule has 2 saturated heterocycles. The molecule has 5 nitrogen and oxygen atoms in total. The van der Waals surface area contributed by atoms with Crippen LogP contribution in [0.5, 0.6) is 0 Å². The zero-order chi connectivity index (χ0) is 25.6. The van der Waals surface area contributed by atoms with E-state index in [1.165, 1.54) is 11.6 Å². The summed E-state index contributed by atoms with van der Waals surface area (Å²) >= 11 is 0. The molecule has 0 aliphatic carbocycles. The first-order valence-corrected chi connectivity index (χ1v) is 12.8. The smallest absolute Gasteiger partial charge is 0.433 e. The summed E-state index contributed by atoms with van der Waals surface area (Å²) in [5, 5.41) is 0. The number of ether oxygens (including phenoxy) is 1. The highest BCUT2D eigenvalue weighted by atomic mass is 19.4. The molecule has 8 heteroatoms. The summed E-state index contributed by atoms with van der Waals surface area (Å²) in [6, 6.07) is 14.7. The molecule has 3 aliphatic rings. The summed E-state index contributed by atoms with van der Waals surface area (Å²) in [6.07, 6.45) is -2.21. The van der Waals surface area contributed by atoms with Gasteiger partial charge < -0.3 is 9.64 Å². The van der Waals surface area contributed by atoms with E-state index < -0.39 is 11.9 Å². The summed E-state index contributed by atoms with van der Waals surface area (Å²) in [7, 11) is 0. The van der Waals surface area contributed by atoms with Gasteiger partial charge in [-0.25, -0.2) is 4.98 Å². The summed E-state index contributed by atoms with van der Waals surface area (Å²) in [5.41, 5.74) is 0.829. The molecule has 0 N–H and O–H groups in total. The van der Waals surface area contributed by atoms with Crippen molar-refractivity contribution < 1.29 is 17.9 Å². The number of alkyl halides is 3. The van der Waals surface area contributed by atoms with E-state index in [0.29, 0.717) is 18.8 Å². The van der Waals surface area contributed by atoms with Gasteiger partial charge in [0.15, 0.2) is 0 Å². The number of piperazine rings is 1. The van der Waals surface area contributed by atoms with Gasteiger partial charge in [0.1, 0.15) is 22.9 Å². The van der Waals surface area contributed by atoms with E-state index in [0.717, 1.165) is 63.1 Å². The third kappa shape index (κ3) is 4.98. The number of hydrogen-bond donors (Lipinski definition) is 0. The predicted molar refractivity (Wildman–Crippen MR) is 134 cm³/mol. The second-order valence-corrected chi connectivity index (χ2v) is 10.9. The van der Waals surface area contributed by atoms with Crippen LogP contribution >= 0.6 is 0 Å².